The molecule has 10 heterocycles. The second kappa shape index (κ2) is 31.6. The van der Waals surface area contributed by atoms with Gasteiger partial charge in [0, 0.05) is 199 Å². The molecule has 0 spiro atoms. The number of alkyl halides is 3. The molecule has 4 saturated heterocycles. The van der Waals surface area contributed by atoms with Gasteiger partial charge in [-0.05, 0) is 106 Å². The fourth-order valence-electron chi connectivity index (χ4n) is 14.2. The highest BCUT2D eigenvalue weighted by atomic mass is 79.9. The molecule has 105 heavy (non-hydrogen) atoms. The van der Waals surface area contributed by atoms with Crippen molar-refractivity contribution in [2.24, 2.45) is 0 Å². The second-order valence-corrected chi connectivity index (χ2v) is 35.3. The number of H-pyrrole nitrogens is 5. The Morgan fingerprint density at radius 2 is 0.962 bits per heavy atom. The highest BCUT2D eigenvalue weighted by Gasteiger charge is 2.41. The summed E-state index contributed by atoms with van der Waals surface area (Å²) >= 11 is 22.0. The molecule has 5 aromatic carbocycles. The molecule has 0 saturated carbocycles. The molecule has 0 bridgehead atoms. The third kappa shape index (κ3) is 18.3. The first-order chi connectivity index (χ1) is 49.4. The third-order valence-corrected chi connectivity index (χ3v) is 24.5. The number of sulfonamides is 3. The fourth-order valence-corrected chi connectivity index (χ4v) is 18.6. The van der Waals surface area contributed by atoms with E-state index in [0.29, 0.717) is 77.3 Å². The standard InChI is InChI=1S/C15H19F3N4O2S.C14H17ClN4O.C13H15BrN4O.C13H17ClN4O2S.C13H14ClN3O2S/c1-14(2)9-21(4-5-22(14)25(3,23)24)13-7-10(15(16,17)18)6-12-11(13)8-19-20-12;1-9-8-18(3-4-19(9)10(2)20)14-6-11(15)5-13-12(14)7-16-17-13;1-9(19)17-2-4-18(5-3-17)13-7-10(14)6-12-11(13)8-15-16-12;1-9-8-17(3-4-18(9)21(2,19)20)13-6-10(14)5-12-11(13)7-15-16-12;1-20(18,19)17-4-2-9(3-5-17)11-6-10(14)7-13-12(11)8-15-16-13/h6-8H,4-5,9H2,1-3H3,(H,19,20);5-7,9H,3-4,8H2,1-2H3,(H,16,17);6-8H,2-5H2,1H3,(H,15,16);5-7,9H,3-4,8H2,1-2H3,(H,15,16);2,6-8H,3-5H2,1H3,(H,15,16). The number of nitrogens with one attached hydrogen (secondary N) is 5. The summed E-state index contributed by atoms with van der Waals surface area (Å²) in [6.45, 7) is 19.8. The van der Waals surface area contributed by atoms with Gasteiger partial charge in [0.1, 0.15) is 0 Å². The van der Waals surface area contributed by atoms with E-state index < -0.39 is 47.3 Å². The molecule has 564 valence electrons. The van der Waals surface area contributed by atoms with Crippen LogP contribution in [-0.2, 0) is 45.8 Å². The van der Waals surface area contributed by atoms with Crippen LogP contribution in [0.2, 0.25) is 15.1 Å². The summed E-state index contributed by atoms with van der Waals surface area (Å²) in [5.41, 5.74) is 8.31. The largest absolute Gasteiger partial charge is 0.416 e. The van der Waals surface area contributed by atoms with Crippen molar-refractivity contribution in [1.29, 1.82) is 0 Å². The highest BCUT2D eigenvalue weighted by molar-refractivity contribution is 9.10. The van der Waals surface area contributed by atoms with Crippen LogP contribution in [0.3, 0.4) is 0 Å². The molecule has 2 unspecified atom stereocenters. The Labute approximate surface area is 629 Å². The number of amides is 2. The van der Waals surface area contributed by atoms with E-state index in [1.54, 1.807) is 49.3 Å². The van der Waals surface area contributed by atoms with E-state index in [1.165, 1.54) is 33.0 Å². The van der Waals surface area contributed by atoms with Crippen molar-refractivity contribution in [3.63, 3.8) is 0 Å². The molecule has 5 N–H and O–H groups in total. The first-order valence-corrected chi connectivity index (χ1v) is 41.1. The first-order valence-electron chi connectivity index (χ1n) is 33.6. The number of aromatic amines is 5. The predicted octanol–water partition coefficient (Wildman–Crippen LogP) is 10.7. The van der Waals surface area contributed by atoms with Gasteiger partial charge in [-0.25, -0.2) is 25.3 Å². The third-order valence-electron chi connectivity index (χ3n) is 19.2. The van der Waals surface area contributed by atoms with Crippen molar-refractivity contribution < 1.29 is 48.0 Å². The molecule has 0 aliphatic carbocycles. The lowest BCUT2D eigenvalue weighted by Crippen LogP contribution is -2.60. The van der Waals surface area contributed by atoms with Crippen LogP contribution in [0.4, 0.5) is 35.9 Å². The summed E-state index contributed by atoms with van der Waals surface area (Å²) in [5, 5.41) is 41.2. The van der Waals surface area contributed by atoms with Crippen LogP contribution in [0.1, 0.15) is 59.1 Å². The second-order valence-electron chi connectivity index (χ2n) is 27.2. The number of carbonyl (C=O) groups is 2. The minimum Gasteiger partial charge on any atom is -0.368 e. The average Bonchev–Trinajstić information content (AvgIpc) is 1.51. The summed E-state index contributed by atoms with van der Waals surface area (Å²) in [7, 11) is -9.68. The molecule has 5 aliphatic heterocycles. The summed E-state index contributed by atoms with van der Waals surface area (Å²) < 4.78 is 115. The van der Waals surface area contributed by atoms with E-state index in [4.69, 9.17) is 34.8 Å². The maximum Gasteiger partial charge on any atom is 0.416 e. The van der Waals surface area contributed by atoms with Gasteiger partial charge in [0.25, 0.3) is 0 Å². The van der Waals surface area contributed by atoms with Gasteiger partial charge in [-0.2, -0.15) is 51.6 Å². The molecule has 10 aromatic rings. The van der Waals surface area contributed by atoms with Gasteiger partial charge < -0.3 is 29.4 Å². The van der Waals surface area contributed by atoms with Gasteiger partial charge in [-0.3, -0.25) is 35.1 Å². The SMILES string of the molecule is CC(=O)N1CCN(c2cc(Br)cc3[nH]ncc23)CC1.CC(=O)N1CCN(c2cc(Cl)cc3[nH]ncc23)CC1C.CC1(C)CN(c2cc(C(F)(F)F)cc3[nH]ncc23)CCN1S(C)(=O)=O.CC1CN(c2cc(Cl)cc3[nH]ncc23)CCN1S(C)(=O)=O.CS(=O)(=O)N1CC=C(c2cc(Cl)cc3[nH]ncc23)CC1. The fraction of sp³-hybridized carbons (Fsp3) is 0.426. The molecule has 2 amide bonds. The number of hydrogen-bond acceptors (Lipinski definition) is 17. The first kappa shape index (κ1) is 78.3. The predicted molar refractivity (Wildman–Crippen MR) is 412 cm³/mol. The van der Waals surface area contributed by atoms with Gasteiger partial charge in [0.05, 0.1) is 82.9 Å². The van der Waals surface area contributed by atoms with E-state index >= 15 is 0 Å². The number of halogens is 7. The molecule has 15 rings (SSSR count). The summed E-state index contributed by atoms with van der Waals surface area (Å²) in [5.74, 6) is 0.291. The highest BCUT2D eigenvalue weighted by Crippen LogP contribution is 2.40. The molecule has 37 heteroatoms. The molecular weight excluding hydrogens is 1550 g/mol. The monoisotopic (exact) mass is 1630 g/mol. The van der Waals surface area contributed by atoms with Crippen molar-refractivity contribution in [2.75, 3.05) is 137 Å². The van der Waals surface area contributed by atoms with Crippen LogP contribution >= 0.6 is 50.7 Å². The molecule has 4 fully saturated rings. The van der Waals surface area contributed by atoms with Crippen LogP contribution in [0, 0.1) is 0 Å². The number of aromatic nitrogens is 10. The van der Waals surface area contributed by atoms with Crippen LogP contribution in [0.25, 0.3) is 60.1 Å². The number of carbonyl (C=O) groups excluding carboxylic acids is 2. The summed E-state index contributed by atoms with van der Waals surface area (Å²) in [6, 6.07) is 17.7. The van der Waals surface area contributed by atoms with Crippen molar-refractivity contribution >= 4 is 175 Å². The maximum atomic E-state index is 13.2. The number of rotatable bonds is 8. The number of hydrogen-bond donors (Lipinski definition) is 5. The van der Waals surface area contributed by atoms with Crippen molar-refractivity contribution in [2.45, 2.75) is 71.8 Å². The minimum atomic E-state index is -4.47. The van der Waals surface area contributed by atoms with E-state index in [9.17, 15) is 48.0 Å². The summed E-state index contributed by atoms with van der Waals surface area (Å²) in [4.78, 5) is 35.2. The van der Waals surface area contributed by atoms with Gasteiger partial charge in [-0.1, -0.05) is 56.8 Å². The topological polar surface area (TPSA) is 309 Å². The van der Waals surface area contributed by atoms with Crippen molar-refractivity contribution in [1.82, 2.24) is 73.7 Å². The Balaban J connectivity index is 0.000000132. The smallest absolute Gasteiger partial charge is 0.368 e. The van der Waals surface area contributed by atoms with Gasteiger partial charge >= 0.3 is 6.18 Å². The van der Waals surface area contributed by atoms with Crippen LogP contribution < -0.4 is 19.6 Å². The average molecular weight is 1630 g/mol. The number of benzene rings is 5. The number of nitrogens with zero attached hydrogens (tertiary/aromatic N) is 14. The van der Waals surface area contributed by atoms with E-state index in [1.807, 2.05) is 77.7 Å². The lowest BCUT2D eigenvalue weighted by atomic mass is 9.97. The lowest BCUT2D eigenvalue weighted by Gasteiger charge is -2.46. The van der Waals surface area contributed by atoms with Gasteiger partial charge in [0.2, 0.25) is 41.9 Å². The van der Waals surface area contributed by atoms with Gasteiger partial charge in [0.15, 0.2) is 0 Å². The molecule has 0 radical (unpaired) electrons. The number of anilines is 4. The van der Waals surface area contributed by atoms with Gasteiger partial charge in [-0.15, -0.1) is 0 Å². The normalized spacial score (nSPS) is 18.8. The molecule has 2 atom stereocenters. The Bertz CT molecular complexity index is 5240. The number of fused-ring (bicyclic) bond motifs is 5. The maximum absolute atomic E-state index is 13.2. The van der Waals surface area contributed by atoms with Crippen LogP contribution in [0.5, 0.6) is 0 Å². The van der Waals surface area contributed by atoms with E-state index in [-0.39, 0.29) is 37.0 Å². The Hall–Kier alpha value is -7.80. The zero-order valence-corrected chi connectivity index (χ0v) is 65.4. The molecule has 5 aliphatic rings. The zero-order valence-electron chi connectivity index (χ0n) is 59.1. The van der Waals surface area contributed by atoms with Crippen LogP contribution in [0.15, 0.2) is 102 Å². The Kier molecular flexibility index (Phi) is 23.5. The van der Waals surface area contributed by atoms with Crippen molar-refractivity contribution in [3.05, 3.63) is 128 Å². The van der Waals surface area contributed by atoms with E-state index in [0.717, 1.165) is 135 Å². The molecule has 5 aromatic heterocycles. The number of piperazine rings is 4. The molecule has 27 nitrogen and oxygen atoms in total. The molecular formula is C68H82BrCl3F3N19O8S3. The Morgan fingerprint density at radius 3 is 1.41 bits per heavy atom. The van der Waals surface area contributed by atoms with E-state index in [2.05, 4.69) is 94.6 Å². The quantitative estimate of drug-likeness (QED) is 0.0944. The zero-order chi connectivity index (χ0) is 75.8. The Morgan fingerprint density at radius 1 is 0.514 bits per heavy atom. The van der Waals surface area contributed by atoms with Crippen LogP contribution in [-0.4, -0.2) is 245 Å². The lowest BCUT2D eigenvalue weighted by molar-refractivity contribution is -0.137. The summed E-state index contributed by atoms with van der Waals surface area (Å²) in [6.07, 6.45) is 10.5. The van der Waals surface area contributed by atoms with Crippen molar-refractivity contribution in [3.8, 4) is 0 Å². The minimum absolute atomic E-state index is 0.0744.